The summed E-state index contributed by atoms with van der Waals surface area (Å²) in [5.74, 6) is 0.919. The summed E-state index contributed by atoms with van der Waals surface area (Å²) < 4.78 is 3.84. The molecule has 0 atom stereocenters. The molecule has 10 nitrogen and oxygen atoms in total. The second kappa shape index (κ2) is 10.8. The van der Waals surface area contributed by atoms with Gasteiger partial charge in [-0.2, -0.15) is 19.0 Å². The number of aromatic nitrogens is 6. The third-order valence-corrected chi connectivity index (χ3v) is 9.10. The van der Waals surface area contributed by atoms with Gasteiger partial charge in [0.1, 0.15) is 0 Å². The van der Waals surface area contributed by atoms with E-state index in [9.17, 15) is 9.59 Å². The third kappa shape index (κ3) is 5.03. The van der Waals surface area contributed by atoms with Crippen LogP contribution in [0.1, 0.15) is 11.1 Å². The van der Waals surface area contributed by atoms with Gasteiger partial charge in [-0.05, 0) is 47.5 Å². The monoisotopic (exact) mass is 618 g/mol. The highest BCUT2D eigenvalue weighted by Crippen LogP contribution is 2.22. The minimum atomic E-state index is -0.199. The maximum Gasteiger partial charge on any atom is 0.291 e. The summed E-state index contributed by atoms with van der Waals surface area (Å²) in [6, 6.07) is 23.4. The summed E-state index contributed by atoms with van der Waals surface area (Å²) >= 11 is 2.62. The van der Waals surface area contributed by atoms with Gasteiger partial charge in [0.15, 0.2) is 11.6 Å². The van der Waals surface area contributed by atoms with Gasteiger partial charge in [-0.15, -0.1) is 10.2 Å². The van der Waals surface area contributed by atoms with Crippen LogP contribution in [0, 0.1) is 0 Å². The van der Waals surface area contributed by atoms with Gasteiger partial charge in [-0.25, -0.2) is 0 Å². The van der Waals surface area contributed by atoms with Crippen LogP contribution in [-0.4, -0.2) is 57.4 Å². The number of thiazole rings is 2. The molecule has 0 N–H and O–H groups in total. The van der Waals surface area contributed by atoms with E-state index in [4.69, 9.17) is 0 Å². The first-order valence-corrected chi connectivity index (χ1v) is 15.3. The van der Waals surface area contributed by atoms with Crippen LogP contribution in [0.3, 0.4) is 0 Å². The summed E-state index contributed by atoms with van der Waals surface area (Å²) in [5.41, 5.74) is 5.18. The zero-order valence-corrected chi connectivity index (χ0v) is 25.9. The van der Waals surface area contributed by atoms with E-state index in [1.807, 2.05) is 123 Å². The van der Waals surface area contributed by atoms with Gasteiger partial charge in [0.2, 0.25) is 9.92 Å². The normalized spacial score (nSPS) is 12.5. The van der Waals surface area contributed by atoms with Crippen LogP contribution >= 0.6 is 22.7 Å². The quantitative estimate of drug-likeness (QED) is 0.280. The molecule has 0 radical (unpaired) electrons. The van der Waals surface area contributed by atoms with Crippen LogP contribution in [0.4, 0.5) is 11.4 Å². The molecule has 0 unspecified atom stereocenters. The van der Waals surface area contributed by atoms with Gasteiger partial charge < -0.3 is 9.80 Å². The Kier molecular flexibility index (Phi) is 6.79. The van der Waals surface area contributed by atoms with E-state index in [-0.39, 0.29) is 11.1 Å². The first kappa shape index (κ1) is 27.6. The van der Waals surface area contributed by atoms with Crippen molar-refractivity contribution in [3.63, 3.8) is 0 Å². The fraction of sp³-hybridized carbons (Fsp3) is 0.125. The Labute approximate surface area is 259 Å². The Morgan fingerprint density at radius 1 is 0.568 bits per heavy atom. The molecule has 7 aromatic rings. The summed E-state index contributed by atoms with van der Waals surface area (Å²) in [7, 11) is 7.95. The second-order valence-corrected chi connectivity index (χ2v) is 12.7. The number of benzene rings is 3. The molecule has 0 aliphatic carbocycles. The number of anilines is 2. The third-order valence-electron chi connectivity index (χ3n) is 7.18. The molecule has 0 aliphatic heterocycles. The summed E-state index contributed by atoms with van der Waals surface area (Å²) in [6.45, 7) is 0. The topological polar surface area (TPSA) is 101 Å². The van der Waals surface area contributed by atoms with Gasteiger partial charge in [0.25, 0.3) is 11.1 Å². The Morgan fingerprint density at radius 2 is 0.932 bits per heavy atom. The molecule has 44 heavy (non-hydrogen) atoms. The van der Waals surface area contributed by atoms with Crippen molar-refractivity contribution in [2.45, 2.75) is 0 Å². The smallest absolute Gasteiger partial charge is 0.291 e. The average Bonchev–Trinajstić information content (AvgIpc) is 3.77. The lowest BCUT2D eigenvalue weighted by atomic mass is 10.1. The Bertz CT molecular complexity index is 2200. The lowest BCUT2D eigenvalue weighted by Gasteiger charge is -2.11. The molecule has 4 heterocycles. The number of nitrogens with zero attached hydrogens (tertiary/aromatic N) is 8. The lowest BCUT2D eigenvalue weighted by molar-refractivity contribution is 0.935. The van der Waals surface area contributed by atoms with Crippen LogP contribution < -0.4 is 30.0 Å². The number of fused-ring (bicyclic) bond motifs is 2. The fourth-order valence-electron chi connectivity index (χ4n) is 4.72. The van der Waals surface area contributed by atoms with Crippen molar-refractivity contribution in [2.75, 3.05) is 38.0 Å². The molecule has 7 rings (SSSR count). The van der Waals surface area contributed by atoms with Crippen LogP contribution in [0.5, 0.6) is 0 Å². The SMILES string of the molecule is CN(C)c1ccc(/C=c2/sc3nc(-c4ccc(-c5nc6s/c(=C/c7ccc(N(C)C)cc7)c(=O)n6n5)cc4)nn3c2=O)cc1. The van der Waals surface area contributed by atoms with Crippen LogP contribution in [-0.2, 0) is 0 Å². The molecule has 0 fully saturated rings. The van der Waals surface area contributed by atoms with Gasteiger partial charge in [0.05, 0.1) is 9.06 Å². The summed E-state index contributed by atoms with van der Waals surface area (Å²) in [6.07, 6.45) is 3.72. The minimum absolute atomic E-state index is 0.199. The molecule has 0 aliphatic rings. The Morgan fingerprint density at radius 3 is 1.25 bits per heavy atom. The molecule has 218 valence electrons. The summed E-state index contributed by atoms with van der Waals surface area (Å²) in [5, 5.41) is 8.95. The molecular formula is C32H26N8O2S2. The van der Waals surface area contributed by atoms with E-state index in [0.29, 0.717) is 30.6 Å². The average molecular weight is 619 g/mol. The molecule has 4 aromatic heterocycles. The van der Waals surface area contributed by atoms with Gasteiger partial charge in [-0.3, -0.25) is 9.59 Å². The largest absolute Gasteiger partial charge is 0.378 e. The highest BCUT2D eigenvalue weighted by molar-refractivity contribution is 7.15. The van der Waals surface area contributed by atoms with Crippen molar-refractivity contribution in [1.29, 1.82) is 0 Å². The Balaban J connectivity index is 1.13. The van der Waals surface area contributed by atoms with Gasteiger partial charge in [-0.1, -0.05) is 71.2 Å². The maximum atomic E-state index is 13.0. The van der Waals surface area contributed by atoms with Crippen molar-refractivity contribution in [3.05, 3.63) is 114 Å². The number of hydrogen-bond acceptors (Lipinski definition) is 10. The van der Waals surface area contributed by atoms with Crippen molar-refractivity contribution in [1.82, 2.24) is 29.2 Å². The van der Waals surface area contributed by atoms with E-state index >= 15 is 0 Å². The van der Waals surface area contributed by atoms with E-state index in [2.05, 4.69) is 20.2 Å². The summed E-state index contributed by atoms with van der Waals surface area (Å²) in [4.78, 5) is 40.4. The van der Waals surface area contributed by atoms with E-state index in [0.717, 1.165) is 33.6 Å². The van der Waals surface area contributed by atoms with Crippen molar-refractivity contribution in [3.8, 4) is 22.8 Å². The number of hydrogen-bond donors (Lipinski definition) is 0. The highest BCUT2D eigenvalue weighted by atomic mass is 32.1. The van der Waals surface area contributed by atoms with E-state index in [1.165, 1.54) is 31.7 Å². The fourth-order valence-corrected chi connectivity index (χ4v) is 6.54. The van der Waals surface area contributed by atoms with Crippen LogP contribution in [0.2, 0.25) is 0 Å². The first-order valence-electron chi connectivity index (χ1n) is 13.7. The van der Waals surface area contributed by atoms with Gasteiger partial charge >= 0.3 is 0 Å². The van der Waals surface area contributed by atoms with Crippen molar-refractivity contribution in [2.24, 2.45) is 0 Å². The molecule has 3 aromatic carbocycles. The maximum absolute atomic E-state index is 13.0. The van der Waals surface area contributed by atoms with Gasteiger partial charge in [0, 0.05) is 50.7 Å². The standard InChI is InChI=1S/C32H26N8O2S2/c1-37(2)23-13-5-19(6-14-23)17-25-29(41)39-31(43-25)33-27(35-39)21-9-11-22(12-10-21)28-34-32-40(36-28)30(42)26(44-32)18-20-7-15-24(16-8-20)38(3)4/h5-18H,1-4H3/b25-17+,26-18+. The molecule has 0 spiro atoms. The highest BCUT2D eigenvalue weighted by Gasteiger charge is 2.15. The molecule has 12 heteroatoms. The zero-order valence-electron chi connectivity index (χ0n) is 24.3. The first-order chi connectivity index (χ1) is 21.2. The molecule has 0 saturated carbocycles. The zero-order chi connectivity index (χ0) is 30.5. The lowest BCUT2D eigenvalue weighted by Crippen LogP contribution is -2.23. The molecule has 0 saturated heterocycles. The van der Waals surface area contributed by atoms with Crippen molar-refractivity contribution < 1.29 is 0 Å². The second-order valence-electron chi connectivity index (χ2n) is 10.6. The Hall–Kier alpha value is -5.20. The number of rotatable bonds is 6. The van der Waals surface area contributed by atoms with E-state index < -0.39 is 0 Å². The predicted molar refractivity (Wildman–Crippen MR) is 178 cm³/mol. The minimum Gasteiger partial charge on any atom is -0.378 e. The molecule has 0 amide bonds. The van der Waals surface area contributed by atoms with Crippen LogP contribution in [0.25, 0.3) is 44.8 Å². The predicted octanol–water partition coefficient (Wildman–Crippen LogP) is 3.18. The van der Waals surface area contributed by atoms with E-state index in [1.54, 1.807) is 0 Å². The van der Waals surface area contributed by atoms with Crippen LogP contribution in [0.15, 0.2) is 82.4 Å². The molecule has 0 bridgehead atoms. The molecular weight excluding hydrogens is 593 g/mol. The van der Waals surface area contributed by atoms with Crippen molar-refractivity contribution >= 4 is 56.1 Å².